The van der Waals surface area contributed by atoms with Crippen LogP contribution in [-0.2, 0) is 0 Å². The lowest BCUT2D eigenvalue weighted by molar-refractivity contribution is 0.253. The van der Waals surface area contributed by atoms with Gasteiger partial charge >= 0.3 is 10.5 Å². The number of carbonyl (C=O) groups is 2. The summed E-state index contributed by atoms with van der Waals surface area (Å²) in [5.41, 5.74) is -0.103. The maximum Gasteiger partial charge on any atom is 0.316 e. The molecular weight excluding hydrogens is 436 g/mol. The van der Waals surface area contributed by atoms with Gasteiger partial charge in [0.15, 0.2) is 8.34 Å². The number of nitrogens with zero attached hydrogens (tertiary/aromatic N) is 2. The van der Waals surface area contributed by atoms with Crippen LogP contribution in [0.4, 0.5) is 29.9 Å². The predicted octanol–water partition coefficient (Wildman–Crippen LogP) is 6.61. The Morgan fingerprint density at radius 1 is 1.00 bits per heavy atom. The maximum atomic E-state index is 13.9. The van der Waals surface area contributed by atoms with Crippen molar-refractivity contribution in [2.24, 2.45) is 0 Å². The van der Waals surface area contributed by atoms with Crippen molar-refractivity contribution in [1.29, 1.82) is 0 Å². The Morgan fingerprint density at radius 2 is 1.48 bits per heavy atom. The lowest BCUT2D eigenvalue weighted by atomic mass is 10.2. The molecule has 4 nitrogen and oxygen atoms in total. The van der Waals surface area contributed by atoms with E-state index in [1.165, 1.54) is 13.0 Å². The number of alkyl halides is 4. The second kappa shape index (κ2) is 9.39. The first kappa shape index (κ1) is 20.9. The van der Waals surface area contributed by atoms with E-state index < -0.39 is 18.8 Å². The van der Waals surface area contributed by atoms with Gasteiger partial charge in [0.2, 0.25) is 0 Å². The molecule has 0 atom stereocenters. The van der Waals surface area contributed by atoms with Crippen LogP contribution in [0.1, 0.15) is 5.56 Å². The van der Waals surface area contributed by atoms with Gasteiger partial charge < -0.3 is 0 Å². The van der Waals surface area contributed by atoms with Crippen molar-refractivity contribution in [3.63, 3.8) is 0 Å². The molecule has 0 unspecified atom stereocenters. The average Bonchev–Trinajstić information content (AvgIpc) is 2.44. The van der Waals surface area contributed by atoms with Gasteiger partial charge in [0.25, 0.3) is 0 Å². The number of benzene rings is 1. The molecule has 0 radical (unpaired) electrons. The van der Waals surface area contributed by atoms with Crippen LogP contribution in [0.3, 0.4) is 0 Å². The molecule has 0 heterocycles. The van der Waals surface area contributed by atoms with E-state index in [0.29, 0.717) is 23.5 Å². The van der Waals surface area contributed by atoms with Gasteiger partial charge in [0, 0.05) is 0 Å². The molecule has 23 heavy (non-hydrogen) atoms. The molecule has 128 valence electrons. The summed E-state index contributed by atoms with van der Waals surface area (Å²) in [5.74, 6) is 0. The van der Waals surface area contributed by atoms with Crippen LogP contribution in [-0.4, -0.2) is 18.8 Å². The number of halogens is 6. The summed E-state index contributed by atoms with van der Waals surface area (Å²) < 4.78 is 25.6. The normalized spacial score (nSPS) is 11.0. The summed E-state index contributed by atoms with van der Waals surface area (Å²) in [4.78, 5) is 23.0. The van der Waals surface area contributed by atoms with Gasteiger partial charge in [-0.25, -0.2) is 0 Å². The fourth-order valence-electron chi connectivity index (χ4n) is 1.43. The molecule has 0 saturated heterocycles. The number of rotatable bonds is 4. The topological polar surface area (TPSA) is 40.6 Å². The van der Waals surface area contributed by atoms with Crippen molar-refractivity contribution < 1.29 is 18.6 Å². The number of hydrogen-bond donors (Lipinski definition) is 0. The fraction of sp³-hybridized carbons (Fsp3) is 0.273. The van der Waals surface area contributed by atoms with Crippen molar-refractivity contribution in [2.75, 3.05) is 10.2 Å². The maximum absolute atomic E-state index is 13.9. The molecule has 0 N–H and O–H groups in total. The number of amides is 2. The van der Waals surface area contributed by atoms with Crippen LogP contribution in [0.25, 0.3) is 0 Å². The second-order valence-corrected chi connectivity index (χ2v) is 9.16. The molecule has 0 aliphatic carbocycles. The number of anilines is 2. The molecular formula is C11H8Cl4F2N2O2S2. The first-order chi connectivity index (χ1) is 10.6. The summed E-state index contributed by atoms with van der Waals surface area (Å²) in [5, 5.41) is -2.44. The molecule has 0 spiro atoms. The Morgan fingerprint density at radius 3 is 1.91 bits per heavy atom. The Hall–Kier alpha value is -0.120. The van der Waals surface area contributed by atoms with Crippen molar-refractivity contribution in [3.05, 3.63) is 23.8 Å². The molecule has 0 saturated carbocycles. The third kappa shape index (κ3) is 6.36. The lowest BCUT2D eigenvalue weighted by Gasteiger charge is -2.17. The van der Waals surface area contributed by atoms with Crippen LogP contribution in [0.15, 0.2) is 18.2 Å². The van der Waals surface area contributed by atoms with E-state index in [1.54, 1.807) is 0 Å². The van der Waals surface area contributed by atoms with Gasteiger partial charge in [-0.05, 0) is 54.2 Å². The first-order valence-electron chi connectivity index (χ1n) is 5.63. The van der Waals surface area contributed by atoms with E-state index >= 15 is 0 Å². The van der Waals surface area contributed by atoms with Crippen LogP contribution in [0.2, 0.25) is 0 Å². The summed E-state index contributed by atoms with van der Waals surface area (Å²) in [7, 11) is 0. The molecule has 1 aromatic carbocycles. The van der Waals surface area contributed by atoms with Gasteiger partial charge in [-0.2, -0.15) is 0 Å². The quantitative estimate of drug-likeness (QED) is 0.388. The largest absolute Gasteiger partial charge is 0.316 e. The van der Waals surface area contributed by atoms with E-state index in [9.17, 15) is 18.6 Å². The number of aryl methyl sites for hydroxylation is 1. The van der Waals surface area contributed by atoms with Crippen LogP contribution in [0, 0.1) is 6.92 Å². The SMILES string of the molecule is Cc1cc(N(F)C(=O)SC(Cl)Cl)ccc1N(F)C(=O)SC(Cl)Cl. The van der Waals surface area contributed by atoms with E-state index in [0.717, 1.165) is 12.1 Å². The Bertz CT molecular complexity index is 595. The zero-order valence-electron chi connectivity index (χ0n) is 11.2. The molecule has 2 amide bonds. The highest BCUT2D eigenvalue weighted by molar-refractivity contribution is 8.16. The molecule has 0 fully saturated rings. The van der Waals surface area contributed by atoms with Gasteiger partial charge in [-0.1, -0.05) is 55.4 Å². The van der Waals surface area contributed by atoms with Crippen LogP contribution >= 0.6 is 69.9 Å². The minimum atomic E-state index is -1.13. The highest BCUT2D eigenvalue weighted by Gasteiger charge is 2.23. The van der Waals surface area contributed by atoms with E-state index in [-0.39, 0.29) is 27.2 Å². The molecule has 0 aromatic heterocycles. The fourth-order valence-corrected chi connectivity index (χ4v) is 3.04. The van der Waals surface area contributed by atoms with Gasteiger partial charge in [-0.15, -0.1) is 10.2 Å². The highest BCUT2D eigenvalue weighted by Crippen LogP contribution is 2.32. The summed E-state index contributed by atoms with van der Waals surface area (Å²) >= 11 is 22.2. The Labute approximate surface area is 159 Å². The van der Waals surface area contributed by atoms with Crippen molar-refractivity contribution in [3.8, 4) is 0 Å². The zero-order valence-corrected chi connectivity index (χ0v) is 15.8. The van der Waals surface area contributed by atoms with Gasteiger partial charge in [0.05, 0.1) is 11.4 Å². The standard InChI is InChI=1S/C11H8Cl4F2N2O2S2/c1-5-4-6(18(16)10(20)22-8(12)13)2-3-7(5)19(17)11(21)23-9(14)15/h2-4,8-9H,1H3. The van der Waals surface area contributed by atoms with Gasteiger partial charge in [0.1, 0.15) is 0 Å². The minimum absolute atomic E-state index is 0.138. The number of carbonyl (C=O) groups excluding carboxylic acids is 2. The lowest BCUT2D eigenvalue weighted by Crippen LogP contribution is -2.20. The summed E-state index contributed by atoms with van der Waals surface area (Å²) in [6, 6.07) is 3.42. The molecule has 12 heteroatoms. The van der Waals surface area contributed by atoms with Crippen molar-refractivity contribution >= 4 is 91.8 Å². The molecule has 1 rings (SSSR count). The van der Waals surface area contributed by atoms with Crippen LogP contribution in [0.5, 0.6) is 0 Å². The monoisotopic (exact) mass is 442 g/mol. The van der Waals surface area contributed by atoms with E-state index in [4.69, 9.17) is 46.4 Å². The third-order valence-corrected chi connectivity index (χ3v) is 4.47. The molecule has 1 aromatic rings. The van der Waals surface area contributed by atoms with Crippen LogP contribution < -0.4 is 10.2 Å². The third-order valence-electron chi connectivity index (χ3n) is 2.32. The number of hydrogen-bond acceptors (Lipinski definition) is 4. The van der Waals surface area contributed by atoms with E-state index in [1.807, 2.05) is 0 Å². The van der Waals surface area contributed by atoms with E-state index in [2.05, 4.69) is 0 Å². The first-order valence-corrected chi connectivity index (χ1v) is 9.14. The molecule has 0 aliphatic heterocycles. The molecule has 0 aliphatic rings. The molecule has 0 bridgehead atoms. The number of thioether (sulfide) groups is 2. The minimum Gasteiger partial charge on any atom is -0.259 e. The summed E-state index contributed by atoms with van der Waals surface area (Å²) in [6.45, 7) is 1.43. The Kier molecular flexibility index (Phi) is 8.54. The zero-order chi connectivity index (χ0) is 17.7. The smallest absolute Gasteiger partial charge is 0.259 e. The predicted molar refractivity (Wildman–Crippen MR) is 95.3 cm³/mol. The van der Waals surface area contributed by atoms with Crippen molar-refractivity contribution in [1.82, 2.24) is 0 Å². The second-order valence-electron chi connectivity index (χ2n) is 3.82. The average molecular weight is 444 g/mol. The summed E-state index contributed by atoms with van der Waals surface area (Å²) in [6.07, 6.45) is 0. The van der Waals surface area contributed by atoms with Crippen molar-refractivity contribution in [2.45, 2.75) is 15.3 Å². The highest BCUT2D eigenvalue weighted by atomic mass is 35.5. The Balaban J connectivity index is 2.93. The van der Waals surface area contributed by atoms with Gasteiger partial charge in [-0.3, -0.25) is 9.59 Å².